The number of amides is 2. The first-order valence-corrected chi connectivity index (χ1v) is 10.1. The Morgan fingerprint density at radius 3 is 2.69 bits per heavy atom. The van der Waals surface area contributed by atoms with Crippen LogP contribution >= 0.6 is 11.3 Å². The van der Waals surface area contributed by atoms with Crippen LogP contribution in [0.5, 0.6) is 0 Å². The lowest BCUT2D eigenvalue weighted by molar-refractivity contribution is 0.0794. The Hall–Kier alpha value is -2.21. The zero-order chi connectivity index (χ0) is 18.1. The van der Waals surface area contributed by atoms with Gasteiger partial charge in [0.25, 0.3) is 11.8 Å². The monoisotopic (exact) mass is 369 g/mol. The number of aryl methyl sites for hydroxylation is 1. The van der Waals surface area contributed by atoms with Crippen molar-refractivity contribution in [2.75, 3.05) is 18.4 Å². The predicted octanol–water partition coefficient (Wildman–Crippen LogP) is 3.89. The minimum atomic E-state index is -0.177. The number of nitrogens with zero attached hydrogens (tertiary/aromatic N) is 2. The lowest BCUT2D eigenvalue weighted by Crippen LogP contribution is -2.28. The highest BCUT2D eigenvalue weighted by Crippen LogP contribution is 2.34. The molecule has 1 aliphatic heterocycles. The maximum atomic E-state index is 12.8. The lowest BCUT2D eigenvalue weighted by Gasteiger charge is -2.17. The molecule has 2 aliphatic rings. The molecule has 0 spiro atoms. The first kappa shape index (κ1) is 17.2. The van der Waals surface area contributed by atoms with Gasteiger partial charge >= 0.3 is 0 Å². The van der Waals surface area contributed by atoms with E-state index in [4.69, 9.17) is 0 Å². The van der Waals surface area contributed by atoms with Crippen molar-refractivity contribution in [3.8, 4) is 0 Å². The SMILES string of the molecule is Cc1nc(CC2CC2)sc1C(=O)Nc1ccccc1C(=O)N1CCCC1. The molecular weight excluding hydrogens is 346 g/mol. The van der Waals surface area contributed by atoms with Gasteiger partial charge in [0, 0.05) is 19.5 Å². The van der Waals surface area contributed by atoms with Crippen LogP contribution in [-0.4, -0.2) is 34.8 Å². The summed E-state index contributed by atoms with van der Waals surface area (Å²) in [4.78, 5) is 32.6. The van der Waals surface area contributed by atoms with Gasteiger partial charge in [0.1, 0.15) is 4.88 Å². The molecule has 1 saturated heterocycles. The molecule has 1 aromatic heterocycles. The standard InChI is InChI=1S/C20H23N3O2S/c1-13-18(26-17(21-13)12-14-8-9-14)19(24)22-16-7-3-2-6-15(16)20(25)23-10-4-5-11-23/h2-3,6-7,14H,4-5,8-12H2,1H3,(H,22,24). The van der Waals surface area contributed by atoms with Crippen LogP contribution in [-0.2, 0) is 6.42 Å². The van der Waals surface area contributed by atoms with Crippen LogP contribution in [0, 0.1) is 12.8 Å². The lowest BCUT2D eigenvalue weighted by atomic mass is 10.1. The van der Waals surface area contributed by atoms with Crippen molar-refractivity contribution in [3.05, 3.63) is 45.4 Å². The Kier molecular flexibility index (Phi) is 4.76. The quantitative estimate of drug-likeness (QED) is 0.870. The number of nitrogens with one attached hydrogen (secondary N) is 1. The van der Waals surface area contributed by atoms with E-state index in [2.05, 4.69) is 10.3 Å². The van der Waals surface area contributed by atoms with Gasteiger partial charge in [0.2, 0.25) is 0 Å². The van der Waals surface area contributed by atoms with Crippen molar-refractivity contribution in [2.45, 2.75) is 39.0 Å². The molecule has 1 aliphatic carbocycles. The molecule has 1 saturated carbocycles. The number of benzene rings is 1. The van der Waals surface area contributed by atoms with Crippen LogP contribution in [0.4, 0.5) is 5.69 Å². The highest BCUT2D eigenvalue weighted by atomic mass is 32.1. The Morgan fingerprint density at radius 1 is 1.23 bits per heavy atom. The summed E-state index contributed by atoms with van der Waals surface area (Å²) in [5, 5.41) is 3.98. The number of likely N-dealkylation sites (tertiary alicyclic amines) is 1. The third kappa shape index (κ3) is 3.65. The Morgan fingerprint density at radius 2 is 1.96 bits per heavy atom. The second-order valence-electron chi connectivity index (χ2n) is 7.17. The average molecular weight is 369 g/mol. The molecule has 6 heteroatoms. The molecule has 0 unspecified atom stereocenters. The second-order valence-corrected chi connectivity index (χ2v) is 8.25. The minimum absolute atomic E-state index is 0.00570. The maximum Gasteiger partial charge on any atom is 0.267 e. The number of rotatable bonds is 5. The Labute approximate surface area is 157 Å². The molecule has 4 rings (SSSR count). The number of carbonyl (C=O) groups is 2. The molecule has 0 bridgehead atoms. The summed E-state index contributed by atoms with van der Waals surface area (Å²) in [6, 6.07) is 7.26. The first-order valence-electron chi connectivity index (χ1n) is 9.28. The van der Waals surface area contributed by atoms with Crippen molar-refractivity contribution in [2.24, 2.45) is 5.92 Å². The summed E-state index contributed by atoms with van der Waals surface area (Å²) >= 11 is 1.48. The zero-order valence-electron chi connectivity index (χ0n) is 15.0. The fraction of sp³-hybridized carbons (Fsp3) is 0.450. The van der Waals surface area contributed by atoms with E-state index in [9.17, 15) is 9.59 Å². The average Bonchev–Trinajstić information content (AvgIpc) is 3.13. The molecule has 1 N–H and O–H groups in total. The zero-order valence-corrected chi connectivity index (χ0v) is 15.8. The molecule has 26 heavy (non-hydrogen) atoms. The Balaban J connectivity index is 1.52. The van der Waals surface area contributed by atoms with E-state index in [0.717, 1.165) is 49.0 Å². The van der Waals surface area contributed by atoms with E-state index in [1.807, 2.05) is 24.0 Å². The van der Waals surface area contributed by atoms with Crippen LogP contribution in [0.1, 0.15) is 56.4 Å². The number of thiazole rings is 1. The highest BCUT2D eigenvalue weighted by molar-refractivity contribution is 7.13. The van der Waals surface area contributed by atoms with Gasteiger partial charge in [-0.3, -0.25) is 9.59 Å². The van der Waals surface area contributed by atoms with Crippen molar-refractivity contribution in [3.63, 3.8) is 0 Å². The van der Waals surface area contributed by atoms with Crippen molar-refractivity contribution < 1.29 is 9.59 Å². The first-order chi connectivity index (χ1) is 12.6. The number of carbonyl (C=O) groups excluding carboxylic acids is 2. The molecule has 0 atom stereocenters. The molecule has 136 valence electrons. The summed E-state index contributed by atoms with van der Waals surface area (Å²) in [5.74, 6) is 0.563. The molecule has 2 heterocycles. The van der Waals surface area contributed by atoms with Crippen LogP contribution in [0.2, 0.25) is 0 Å². The predicted molar refractivity (Wildman–Crippen MR) is 103 cm³/mol. The summed E-state index contributed by atoms with van der Waals surface area (Å²) in [5.41, 5.74) is 1.90. The summed E-state index contributed by atoms with van der Waals surface area (Å²) < 4.78 is 0. The Bertz CT molecular complexity index is 835. The number of hydrogen-bond donors (Lipinski definition) is 1. The van der Waals surface area contributed by atoms with Gasteiger partial charge in [0.15, 0.2) is 0 Å². The third-order valence-corrected chi connectivity index (χ3v) is 6.18. The van der Waals surface area contributed by atoms with Gasteiger partial charge in [-0.05, 0) is 50.7 Å². The van der Waals surface area contributed by atoms with Gasteiger partial charge in [-0.25, -0.2) is 4.98 Å². The van der Waals surface area contributed by atoms with E-state index in [1.54, 1.807) is 12.1 Å². The van der Waals surface area contributed by atoms with E-state index in [1.165, 1.54) is 24.2 Å². The fourth-order valence-corrected chi connectivity index (χ4v) is 4.44. The maximum absolute atomic E-state index is 12.8. The third-order valence-electron chi connectivity index (χ3n) is 5.01. The largest absolute Gasteiger partial charge is 0.339 e. The van der Waals surface area contributed by atoms with Gasteiger partial charge in [0.05, 0.1) is 22.0 Å². The molecule has 5 nitrogen and oxygen atoms in total. The fourth-order valence-electron chi connectivity index (χ4n) is 3.37. The van der Waals surface area contributed by atoms with Crippen molar-refractivity contribution in [1.82, 2.24) is 9.88 Å². The number of hydrogen-bond acceptors (Lipinski definition) is 4. The molecule has 2 fully saturated rings. The van der Waals surface area contributed by atoms with E-state index >= 15 is 0 Å². The number of aromatic nitrogens is 1. The van der Waals surface area contributed by atoms with E-state index < -0.39 is 0 Å². The normalized spacial score (nSPS) is 16.7. The number of para-hydroxylation sites is 1. The van der Waals surface area contributed by atoms with Crippen molar-refractivity contribution in [1.29, 1.82) is 0 Å². The molecule has 2 amide bonds. The van der Waals surface area contributed by atoms with Crippen LogP contribution < -0.4 is 5.32 Å². The van der Waals surface area contributed by atoms with Crippen molar-refractivity contribution >= 4 is 28.8 Å². The smallest absolute Gasteiger partial charge is 0.267 e. The minimum Gasteiger partial charge on any atom is -0.339 e. The molecule has 0 radical (unpaired) electrons. The molecular formula is C20H23N3O2S. The van der Waals surface area contributed by atoms with Gasteiger partial charge in [-0.1, -0.05) is 12.1 Å². The molecule has 2 aromatic rings. The van der Waals surface area contributed by atoms with E-state index in [0.29, 0.717) is 16.1 Å². The van der Waals surface area contributed by atoms with E-state index in [-0.39, 0.29) is 11.8 Å². The summed E-state index contributed by atoms with van der Waals surface area (Å²) in [6.45, 7) is 3.46. The number of anilines is 1. The van der Waals surface area contributed by atoms with Gasteiger partial charge in [-0.15, -0.1) is 11.3 Å². The topological polar surface area (TPSA) is 62.3 Å². The summed E-state index contributed by atoms with van der Waals surface area (Å²) in [7, 11) is 0. The van der Waals surface area contributed by atoms with Gasteiger partial charge < -0.3 is 10.2 Å². The second kappa shape index (κ2) is 7.19. The molecule has 1 aromatic carbocycles. The van der Waals surface area contributed by atoms with Crippen LogP contribution in [0.15, 0.2) is 24.3 Å². The van der Waals surface area contributed by atoms with Crippen LogP contribution in [0.25, 0.3) is 0 Å². The highest BCUT2D eigenvalue weighted by Gasteiger charge is 2.26. The van der Waals surface area contributed by atoms with Gasteiger partial charge in [-0.2, -0.15) is 0 Å². The summed E-state index contributed by atoms with van der Waals surface area (Å²) in [6.07, 6.45) is 5.61. The van der Waals surface area contributed by atoms with Crippen LogP contribution in [0.3, 0.4) is 0 Å².